The van der Waals surface area contributed by atoms with Crippen LogP contribution in [0.15, 0.2) is 77.6 Å². The first kappa shape index (κ1) is 28.7. The molecule has 37 heavy (non-hydrogen) atoms. The van der Waals surface area contributed by atoms with Gasteiger partial charge >= 0.3 is 0 Å². The van der Waals surface area contributed by atoms with Gasteiger partial charge in [0.2, 0.25) is 10.0 Å². The highest BCUT2D eigenvalue weighted by molar-refractivity contribution is 7.91. The van der Waals surface area contributed by atoms with Gasteiger partial charge in [0.1, 0.15) is 5.52 Å². The summed E-state index contributed by atoms with van der Waals surface area (Å²) in [6.45, 7) is 8.30. The molecule has 0 spiro atoms. The van der Waals surface area contributed by atoms with Crippen molar-refractivity contribution < 1.29 is 21.6 Å². The van der Waals surface area contributed by atoms with E-state index in [4.69, 9.17) is 0 Å². The van der Waals surface area contributed by atoms with Crippen LogP contribution < -0.4 is 4.90 Å². The zero-order chi connectivity index (χ0) is 27.4. The van der Waals surface area contributed by atoms with E-state index in [2.05, 4.69) is 18.1 Å². The van der Waals surface area contributed by atoms with Crippen LogP contribution in [-0.4, -0.2) is 83.5 Å². The first-order valence-electron chi connectivity index (χ1n) is 11.3. The van der Waals surface area contributed by atoms with E-state index in [0.29, 0.717) is 28.4 Å². The molecule has 0 aliphatic rings. The molecule has 198 valence electrons. The predicted octanol–water partition coefficient (Wildman–Crippen LogP) is 3.27. The molecule has 0 N–H and O–H groups in total. The number of para-hydroxylation sites is 1. The van der Waals surface area contributed by atoms with Crippen molar-refractivity contribution in [1.82, 2.24) is 14.2 Å². The number of hydrogen-bond donors (Lipinski definition) is 0. The molecule has 0 bridgehead atoms. The molecular formula is C25H30N4O5S3. The highest BCUT2D eigenvalue weighted by atomic mass is 32.2. The minimum absolute atomic E-state index is 0.0466. The topological polar surface area (TPSA) is 108 Å². The van der Waals surface area contributed by atoms with Crippen molar-refractivity contribution in [3.8, 4) is 0 Å². The summed E-state index contributed by atoms with van der Waals surface area (Å²) in [4.78, 5) is 21.7. The third-order valence-corrected chi connectivity index (χ3v) is 9.44. The molecule has 1 aromatic heterocycles. The fourth-order valence-electron chi connectivity index (χ4n) is 3.54. The van der Waals surface area contributed by atoms with Crippen LogP contribution in [0.1, 0.15) is 10.4 Å². The van der Waals surface area contributed by atoms with E-state index in [1.54, 1.807) is 12.1 Å². The number of aromatic nitrogens is 1. The Morgan fingerprint density at radius 1 is 0.973 bits per heavy atom. The number of hydrogen-bond acceptors (Lipinski definition) is 8. The van der Waals surface area contributed by atoms with E-state index in [1.807, 2.05) is 19.0 Å². The molecule has 0 atom stereocenters. The number of rotatable bonds is 12. The van der Waals surface area contributed by atoms with Crippen LogP contribution in [-0.2, 0) is 19.9 Å². The van der Waals surface area contributed by atoms with Crippen LogP contribution in [0.5, 0.6) is 0 Å². The molecule has 2 aromatic carbocycles. The summed E-state index contributed by atoms with van der Waals surface area (Å²) in [5.41, 5.74) is 0.595. The lowest BCUT2D eigenvalue weighted by Crippen LogP contribution is -2.36. The summed E-state index contributed by atoms with van der Waals surface area (Å²) in [5.74, 6) is -0.375. The van der Waals surface area contributed by atoms with E-state index < -0.39 is 19.9 Å². The average molecular weight is 563 g/mol. The number of benzene rings is 2. The van der Waals surface area contributed by atoms with Crippen molar-refractivity contribution in [2.24, 2.45) is 0 Å². The molecule has 1 amide bonds. The van der Waals surface area contributed by atoms with E-state index in [0.717, 1.165) is 6.26 Å². The van der Waals surface area contributed by atoms with Gasteiger partial charge in [0, 0.05) is 38.0 Å². The summed E-state index contributed by atoms with van der Waals surface area (Å²) in [7, 11) is -3.57. The van der Waals surface area contributed by atoms with Crippen molar-refractivity contribution in [2.75, 3.05) is 51.4 Å². The SMILES string of the molecule is C=CCN(CC=C)S(=O)(=O)c1ccc(C(=O)N(CCN(C)C)c2nc3c(S(C)(=O)=O)cccc3s2)cc1. The van der Waals surface area contributed by atoms with E-state index in [9.17, 15) is 21.6 Å². The second-order valence-corrected chi connectivity index (χ2v) is 13.5. The molecule has 12 heteroatoms. The first-order valence-corrected chi connectivity index (χ1v) is 15.4. The van der Waals surface area contributed by atoms with Gasteiger partial charge in [0.25, 0.3) is 5.91 Å². The predicted molar refractivity (Wildman–Crippen MR) is 149 cm³/mol. The molecule has 0 fully saturated rings. The van der Waals surface area contributed by atoms with Gasteiger partial charge < -0.3 is 4.90 Å². The van der Waals surface area contributed by atoms with Crippen molar-refractivity contribution in [3.63, 3.8) is 0 Å². The van der Waals surface area contributed by atoms with Gasteiger partial charge in [-0.05, 0) is 50.5 Å². The van der Waals surface area contributed by atoms with Crippen LogP contribution in [0.3, 0.4) is 0 Å². The third kappa shape index (κ3) is 6.51. The quantitative estimate of drug-likeness (QED) is 0.312. The Bertz CT molecular complexity index is 1500. The molecule has 0 unspecified atom stereocenters. The van der Waals surface area contributed by atoms with Crippen LogP contribution >= 0.6 is 11.3 Å². The van der Waals surface area contributed by atoms with Crippen LogP contribution in [0.25, 0.3) is 10.2 Å². The minimum atomic E-state index is -3.81. The zero-order valence-electron chi connectivity index (χ0n) is 21.0. The molecule has 1 heterocycles. The maximum Gasteiger partial charge on any atom is 0.260 e. The van der Waals surface area contributed by atoms with Gasteiger partial charge in [-0.25, -0.2) is 21.8 Å². The number of sulfonamides is 1. The Morgan fingerprint density at radius 3 is 2.14 bits per heavy atom. The number of carbonyl (C=O) groups is 1. The standard InChI is InChI=1S/C25H30N4O5S3/c1-6-15-28(16-7-2)37(33,34)20-13-11-19(12-14-20)24(30)29(18-17-27(3)4)25-26-23-21(35-25)9-8-10-22(23)36(5,31)32/h6-14H,1-2,15-18H2,3-5H3. The molecule has 0 saturated carbocycles. The number of amides is 1. The van der Waals surface area contributed by atoms with Crippen molar-refractivity contribution in [2.45, 2.75) is 9.79 Å². The summed E-state index contributed by atoms with van der Waals surface area (Å²) < 4.78 is 52.4. The molecule has 0 radical (unpaired) electrons. The second kappa shape index (κ2) is 11.7. The number of carbonyl (C=O) groups excluding carboxylic acids is 1. The Hall–Kier alpha value is -2.90. The molecule has 9 nitrogen and oxygen atoms in total. The average Bonchev–Trinajstić information content (AvgIpc) is 3.27. The Kier molecular flexibility index (Phi) is 9.03. The molecule has 3 rings (SSSR count). The lowest BCUT2D eigenvalue weighted by molar-refractivity contribution is 0.0985. The first-order chi connectivity index (χ1) is 17.4. The van der Waals surface area contributed by atoms with Crippen molar-refractivity contribution >= 4 is 52.5 Å². The number of likely N-dealkylation sites (N-methyl/N-ethyl adjacent to an activating group) is 1. The monoisotopic (exact) mass is 562 g/mol. The van der Waals surface area contributed by atoms with Gasteiger partial charge in [0.05, 0.1) is 14.5 Å². The summed E-state index contributed by atoms with van der Waals surface area (Å²) in [6.07, 6.45) is 4.11. The number of anilines is 1. The highest BCUT2D eigenvalue weighted by Gasteiger charge is 2.26. The van der Waals surface area contributed by atoms with Gasteiger partial charge in [-0.2, -0.15) is 4.31 Å². The van der Waals surface area contributed by atoms with Crippen LogP contribution in [0, 0.1) is 0 Å². The summed E-state index contributed by atoms with van der Waals surface area (Å²) in [5, 5.41) is 0.359. The highest BCUT2D eigenvalue weighted by Crippen LogP contribution is 2.33. The minimum Gasteiger partial charge on any atom is -0.308 e. The summed E-state index contributed by atoms with van der Waals surface area (Å²) >= 11 is 1.22. The van der Waals surface area contributed by atoms with Gasteiger partial charge in [-0.15, -0.1) is 13.2 Å². The largest absolute Gasteiger partial charge is 0.308 e. The molecule has 3 aromatic rings. The maximum atomic E-state index is 13.6. The third-order valence-electron chi connectivity index (χ3n) is 5.42. The second-order valence-electron chi connectivity index (χ2n) is 8.56. The zero-order valence-corrected chi connectivity index (χ0v) is 23.4. The fourth-order valence-corrected chi connectivity index (χ4v) is 6.84. The van der Waals surface area contributed by atoms with E-state index in [1.165, 1.54) is 63.0 Å². The van der Waals surface area contributed by atoms with Crippen molar-refractivity contribution in [3.05, 3.63) is 73.3 Å². The normalized spacial score (nSPS) is 12.2. The number of fused-ring (bicyclic) bond motifs is 1. The van der Waals surface area contributed by atoms with Crippen LogP contribution in [0.2, 0.25) is 0 Å². The summed E-state index contributed by atoms with van der Waals surface area (Å²) in [6, 6.07) is 10.6. The fraction of sp³-hybridized carbons (Fsp3) is 0.280. The van der Waals surface area contributed by atoms with Gasteiger partial charge in [-0.3, -0.25) is 9.69 Å². The van der Waals surface area contributed by atoms with E-state index >= 15 is 0 Å². The van der Waals surface area contributed by atoms with Gasteiger partial charge in [-0.1, -0.05) is 29.6 Å². The van der Waals surface area contributed by atoms with E-state index in [-0.39, 0.29) is 34.4 Å². The smallest absolute Gasteiger partial charge is 0.260 e. The van der Waals surface area contributed by atoms with Crippen molar-refractivity contribution in [1.29, 1.82) is 0 Å². The number of sulfone groups is 1. The Morgan fingerprint density at radius 2 is 1.59 bits per heavy atom. The number of thiazole rings is 1. The molecule has 0 aliphatic heterocycles. The lowest BCUT2D eigenvalue weighted by Gasteiger charge is -2.22. The Balaban J connectivity index is 2.00. The Labute approximate surface area is 222 Å². The molecule has 0 aliphatic carbocycles. The lowest BCUT2D eigenvalue weighted by atomic mass is 10.2. The number of nitrogens with zero attached hydrogens (tertiary/aromatic N) is 4. The molecule has 0 saturated heterocycles. The maximum absolute atomic E-state index is 13.6. The van der Waals surface area contributed by atoms with Crippen LogP contribution in [0.4, 0.5) is 5.13 Å². The molecular weight excluding hydrogens is 532 g/mol. The van der Waals surface area contributed by atoms with Gasteiger partial charge in [0.15, 0.2) is 15.0 Å².